The molecule has 2 amide bonds. The number of nitrogens with one attached hydrogen (secondary N) is 1. The van der Waals surface area contributed by atoms with Crippen LogP contribution in [0.25, 0.3) is 0 Å². The summed E-state index contributed by atoms with van der Waals surface area (Å²) in [5.41, 5.74) is 1.84. The molecule has 2 aliphatic rings. The van der Waals surface area contributed by atoms with E-state index in [9.17, 15) is 14.4 Å². The van der Waals surface area contributed by atoms with Gasteiger partial charge in [-0.05, 0) is 56.6 Å². The molecule has 1 aliphatic carbocycles. The van der Waals surface area contributed by atoms with Gasteiger partial charge in [-0.3, -0.25) is 14.4 Å². The number of nitrogens with zero attached hydrogens (tertiary/aromatic N) is 1. The number of benzene rings is 1. The van der Waals surface area contributed by atoms with Gasteiger partial charge in [-0.1, -0.05) is 30.5 Å². The summed E-state index contributed by atoms with van der Waals surface area (Å²) < 4.78 is 0. The van der Waals surface area contributed by atoms with Gasteiger partial charge >= 0.3 is 5.97 Å². The Kier molecular flexibility index (Phi) is 6.37. The van der Waals surface area contributed by atoms with Gasteiger partial charge < -0.3 is 15.3 Å². The quantitative estimate of drug-likeness (QED) is 0.786. The Hall–Kier alpha value is -2.37. The normalized spacial score (nSPS) is 19.4. The Bertz CT molecular complexity index is 730. The highest BCUT2D eigenvalue weighted by Gasteiger charge is 2.39. The number of hydrogen-bond acceptors (Lipinski definition) is 3. The Morgan fingerprint density at radius 2 is 1.82 bits per heavy atom. The third-order valence-corrected chi connectivity index (χ3v) is 6.33. The van der Waals surface area contributed by atoms with Crippen LogP contribution in [-0.4, -0.2) is 46.9 Å². The fraction of sp³-hybridized carbons (Fsp3) is 0.591. The number of carboxylic acids is 1. The summed E-state index contributed by atoms with van der Waals surface area (Å²) in [5, 5.41) is 11.8. The van der Waals surface area contributed by atoms with Crippen LogP contribution < -0.4 is 5.32 Å². The zero-order valence-electron chi connectivity index (χ0n) is 16.6. The van der Waals surface area contributed by atoms with E-state index in [1.807, 2.05) is 17.9 Å². The van der Waals surface area contributed by atoms with E-state index in [-0.39, 0.29) is 24.7 Å². The molecule has 1 heterocycles. The molecule has 28 heavy (non-hydrogen) atoms. The standard InChI is InChI=1S/C22H30N2O4/c1-16-5-4-6-17(15-16)20(27)23-18(7-8-19(25)26)21(28)24-13-11-22(12-14-24)9-2-3-10-22/h4-6,15,18H,2-3,7-14H2,1H3,(H,23,27)(H,25,26)/t18-/m1/s1. The van der Waals surface area contributed by atoms with Crippen LogP contribution in [-0.2, 0) is 9.59 Å². The van der Waals surface area contributed by atoms with Gasteiger partial charge in [-0.15, -0.1) is 0 Å². The van der Waals surface area contributed by atoms with Gasteiger partial charge in [0, 0.05) is 25.1 Å². The van der Waals surface area contributed by atoms with Crippen molar-refractivity contribution in [3.8, 4) is 0 Å². The van der Waals surface area contributed by atoms with Crippen LogP contribution in [0.15, 0.2) is 24.3 Å². The zero-order chi connectivity index (χ0) is 20.1. The molecule has 1 atom stereocenters. The van der Waals surface area contributed by atoms with Crippen LogP contribution in [0.5, 0.6) is 0 Å². The maximum atomic E-state index is 13.1. The van der Waals surface area contributed by atoms with Crippen molar-refractivity contribution in [2.24, 2.45) is 5.41 Å². The van der Waals surface area contributed by atoms with Crippen molar-refractivity contribution < 1.29 is 19.5 Å². The van der Waals surface area contributed by atoms with Crippen molar-refractivity contribution in [2.75, 3.05) is 13.1 Å². The number of piperidine rings is 1. The first-order chi connectivity index (χ1) is 13.4. The SMILES string of the molecule is Cc1cccc(C(=O)N[C@H](CCC(=O)O)C(=O)N2CCC3(CCCC3)CC2)c1. The van der Waals surface area contributed by atoms with E-state index < -0.39 is 12.0 Å². The smallest absolute Gasteiger partial charge is 0.303 e. The second-order valence-electron chi connectivity index (χ2n) is 8.36. The molecule has 0 bridgehead atoms. The van der Waals surface area contributed by atoms with E-state index in [1.165, 1.54) is 25.7 Å². The van der Waals surface area contributed by atoms with Crippen molar-refractivity contribution in [3.63, 3.8) is 0 Å². The van der Waals surface area contributed by atoms with E-state index in [2.05, 4.69) is 5.32 Å². The van der Waals surface area contributed by atoms with Crippen molar-refractivity contribution in [1.29, 1.82) is 0 Å². The Morgan fingerprint density at radius 3 is 2.43 bits per heavy atom. The minimum absolute atomic E-state index is 0.105. The fourth-order valence-corrected chi connectivity index (χ4v) is 4.60. The van der Waals surface area contributed by atoms with Gasteiger partial charge in [-0.2, -0.15) is 0 Å². The summed E-state index contributed by atoms with van der Waals surface area (Å²) >= 11 is 0. The number of carboxylic acid groups (broad SMARTS) is 1. The summed E-state index contributed by atoms with van der Waals surface area (Å²) in [6, 6.07) is 6.35. The van der Waals surface area contributed by atoms with Crippen LogP contribution in [0.4, 0.5) is 0 Å². The molecule has 0 radical (unpaired) electrons. The highest BCUT2D eigenvalue weighted by Crippen LogP contribution is 2.46. The molecule has 1 aromatic rings. The number of rotatable bonds is 6. The molecule has 6 heteroatoms. The molecular weight excluding hydrogens is 356 g/mol. The number of aryl methyl sites for hydroxylation is 1. The van der Waals surface area contributed by atoms with Crippen molar-refractivity contribution in [3.05, 3.63) is 35.4 Å². The summed E-state index contributed by atoms with van der Waals surface area (Å²) in [5.74, 6) is -1.46. The molecular formula is C22H30N2O4. The lowest BCUT2D eigenvalue weighted by Crippen LogP contribution is -2.52. The minimum Gasteiger partial charge on any atom is -0.481 e. The monoisotopic (exact) mass is 386 g/mol. The highest BCUT2D eigenvalue weighted by atomic mass is 16.4. The number of aliphatic carboxylic acids is 1. The number of carbonyl (C=O) groups excluding carboxylic acids is 2. The molecule has 2 fully saturated rings. The maximum absolute atomic E-state index is 13.1. The second-order valence-corrected chi connectivity index (χ2v) is 8.36. The lowest BCUT2D eigenvalue weighted by molar-refractivity contribution is -0.138. The first-order valence-electron chi connectivity index (χ1n) is 10.3. The molecule has 2 N–H and O–H groups in total. The molecule has 1 spiro atoms. The fourth-order valence-electron chi connectivity index (χ4n) is 4.60. The largest absolute Gasteiger partial charge is 0.481 e. The Balaban J connectivity index is 1.65. The number of hydrogen-bond donors (Lipinski definition) is 2. The summed E-state index contributed by atoms with van der Waals surface area (Å²) in [4.78, 5) is 38.5. The molecule has 1 saturated carbocycles. The predicted octanol–water partition coefficient (Wildman–Crippen LogP) is 3.14. The molecule has 152 valence electrons. The van der Waals surface area contributed by atoms with Crippen LogP contribution in [0.1, 0.15) is 67.3 Å². The van der Waals surface area contributed by atoms with Crippen molar-refractivity contribution in [2.45, 2.75) is 64.3 Å². The third kappa shape index (κ3) is 4.91. The number of amides is 2. The first-order valence-corrected chi connectivity index (χ1v) is 10.3. The average Bonchev–Trinajstić information content (AvgIpc) is 3.13. The third-order valence-electron chi connectivity index (χ3n) is 6.33. The van der Waals surface area contributed by atoms with Crippen molar-refractivity contribution in [1.82, 2.24) is 10.2 Å². The van der Waals surface area contributed by atoms with Gasteiger partial charge in [0.1, 0.15) is 6.04 Å². The molecule has 1 aliphatic heterocycles. The van der Waals surface area contributed by atoms with Crippen LogP contribution in [0, 0.1) is 12.3 Å². The van der Waals surface area contributed by atoms with E-state index >= 15 is 0 Å². The Morgan fingerprint density at radius 1 is 1.14 bits per heavy atom. The average molecular weight is 386 g/mol. The number of carbonyl (C=O) groups is 3. The predicted molar refractivity (Wildman–Crippen MR) is 106 cm³/mol. The molecule has 0 unspecified atom stereocenters. The molecule has 1 saturated heterocycles. The van der Waals surface area contributed by atoms with Gasteiger partial charge in [0.05, 0.1) is 0 Å². The van der Waals surface area contributed by atoms with Gasteiger partial charge in [0.2, 0.25) is 5.91 Å². The molecule has 0 aromatic heterocycles. The van der Waals surface area contributed by atoms with Crippen LogP contribution in [0.2, 0.25) is 0 Å². The molecule has 3 rings (SSSR count). The topological polar surface area (TPSA) is 86.7 Å². The van der Waals surface area contributed by atoms with Crippen molar-refractivity contribution >= 4 is 17.8 Å². The van der Waals surface area contributed by atoms with Gasteiger partial charge in [-0.25, -0.2) is 0 Å². The van der Waals surface area contributed by atoms with Crippen LogP contribution >= 0.6 is 0 Å². The van der Waals surface area contributed by atoms with Gasteiger partial charge in [0.25, 0.3) is 5.91 Å². The Labute approximate surface area is 166 Å². The first kappa shape index (κ1) is 20.4. The highest BCUT2D eigenvalue weighted by molar-refractivity contribution is 5.97. The minimum atomic E-state index is -0.967. The summed E-state index contributed by atoms with van der Waals surface area (Å²) in [6.45, 7) is 3.29. The van der Waals surface area contributed by atoms with Gasteiger partial charge in [0.15, 0.2) is 0 Å². The maximum Gasteiger partial charge on any atom is 0.303 e. The van der Waals surface area contributed by atoms with E-state index in [0.29, 0.717) is 24.1 Å². The number of likely N-dealkylation sites (tertiary alicyclic amines) is 1. The molecule has 1 aromatic carbocycles. The lowest BCUT2D eigenvalue weighted by Gasteiger charge is -2.40. The zero-order valence-corrected chi connectivity index (χ0v) is 16.6. The summed E-state index contributed by atoms with van der Waals surface area (Å²) in [6.07, 6.45) is 7.04. The second kappa shape index (κ2) is 8.76. The van der Waals surface area contributed by atoms with Crippen LogP contribution in [0.3, 0.4) is 0 Å². The summed E-state index contributed by atoms with van der Waals surface area (Å²) in [7, 11) is 0. The lowest BCUT2D eigenvalue weighted by atomic mass is 9.77. The molecule has 6 nitrogen and oxygen atoms in total. The van der Waals surface area contributed by atoms with E-state index in [0.717, 1.165) is 18.4 Å². The van der Waals surface area contributed by atoms with E-state index in [4.69, 9.17) is 5.11 Å². The van der Waals surface area contributed by atoms with E-state index in [1.54, 1.807) is 18.2 Å².